The molecule has 3 N–H and O–H groups in total. The molecule has 6 nitrogen and oxygen atoms in total. The Morgan fingerprint density at radius 2 is 1.78 bits per heavy atom. The molecule has 1 atom stereocenters. The topological polar surface area (TPSA) is 92.5 Å². The van der Waals surface area contributed by atoms with E-state index in [1.54, 1.807) is 19.9 Å². The number of hydrogen-bond acceptors (Lipinski definition) is 4. The zero-order chi connectivity index (χ0) is 17.8. The number of sulfonamides is 1. The summed E-state index contributed by atoms with van der Waals surface area (Å²) < 4.78 is 23.2. The molecule has 1 aromatic carbocycles. The maximum absolute atomic E-state index is 12.4. The van der Waals surface area contributed by atoms with Crippen LogP contribution in [0.5, 0.6) is 0 Å². The molecule has 130 valence electrons. The summed E-state index contributed by atoms with van der Waals surface area (Å²) in [6.07, 6.45) is 0. The Balaban J connectivity index is 2.97. The molecule has 0 aliphatic heterocycles. The highest BCUT2D eigenvalue weighted by atomic mass is 32.2. The van der Waals surface area contributed by atoms with E-state index in [1.165, 1.54) is 6.07 Å². The molecule has 1 aromatic rings. The first-order chi connectivity index (χ1) is 10.6. The third-order valence-corrected chi connectivity index (χ3v) is 5.12. The summed E-state index contributed by atoms with van der Waals surface area (Å²) in [5.41, 5.74) is 1.60. The van der Waals surface area contributed by atoms with Gasteiger partial charge in [-0.1, -0.05) is 19.9 Å². The number of nitrogens with one attached hydrogen (secondary N) is 1. The number of nitrogens with two attached hydrogens (primary N) is 1. The standard InChI is InChI=1S/C16H27N3O3S/c1-6-19(7-2)13(5)10-18-16(20)14-9-15(23(17,21)22)12(4)8-11(14)3/h8-9,13H,6-7,10H2,1-5H3,(H,18,20)(H2,17,21,22). The molecular formula is C16H27N3O3S. The van der Waals surface area contributed by atoms with Crippen LogP contribution >= 0.6 is 0 Å². The average molecular weight is 341 g/mol. The maximum Gasteiger partial charge on any atom is 0.251 e. The van der Waals surface area contributed by atoms with Crippen molar-refractivity contribution in [1.29, 1.82) is 0 Å². The van der Waals surface area contributed by atoms with Crippen LogP contribution in [0.1, 0.15) is 42.3 Å². The van der Waals surface area contributed by atoms with Crippen molar-refractivity contribution in [3.05, 3.63) is 28.8 Å². The lowest BCUT2D eigenvalue weighted by Crippen LogP contribution is -2.42. The van der Waals surface area contributed by atoms with Crippen molar-refractivity contribution in [3.63, 3.8) is 0 Å². The Labute approximate surface area is 139 Å². The van der Waals surface area contributed by atoms with E-state index < -0.39 is 10.0 Å². The number of carbonyl (C=O) groups excluding carboxylic acids is 1. The molecule has 0 aliphatic rings. The number of amides is 1. The highest BCUT2D eigenvalue weighted by Crippen LogP contribution is 2.19. The van der Waals surface area contributed by atoms with Crippen LogP contribution in [0.15, 0.2) is 17.0 Å². The summed E-state index contributed by atoms with van der Waals surface area (Å²) in [4.78, 5) is 14.6. The Morgan fingerprint density at radius 3 is 2.26 bits per heavy atom. The number of carbonyl (C=O) groups is 1. The van der Waals surface area contributed by atoms with Crippen LogP contribution in [0, 0.1) is 13.8 Å². The molecule has 0 heterocycles. The number of hydrogen-bond donors (Lipinski definition) is 2. The van der Waals surface area contributed by atoms with Crippen LogP contribution in [-0.2, 0) is 10.0 Å². The molecule has 0 saturated heterocycles. The first-order valence-electron chi connectivity index (χ1n) is 7.78. The van der Waals surface area contributed by atoms with Crippen LogP contribution in [0.25, 0.3) is 0 Å². The molecule has 0 radical (unpaired) electrons. The molecule has 1 amide bonds. The number of primary sulfonamides is 1. The van der Waals surface area contributed by atoms with Crippen LogP contribution in [0.3, 0.4) is 0 Å². The molecule has 23 heavy (non-hydrogen) atoms. The van der Waals surface area contributed by atoms with Crippen molar-refractivity contribution in [3.8, 4) is 0 Å². The van der Waals surface area contributed by atoms with Crippen LogP contribution in [0.4, 0.5) is 0 Å². The van der Waals surface area contributed by atoms with Crippen molar-refractivity contribution in [2.75, 3.05) is 19.6 Å². The molecule has 0 fully saturated rings. The van der Waals surface area contributed by atoms with Crippen molar-refractivity contribution >= 4 is 15.9 Å². The fourth-order valence-electron chi connectivity index (χ4n) is 2.70. The summed E-state index contributed by atoms with van der Waals surface area (Å²) in [6, 6.07) is 3.23. The van der Waals surface area contributed by atoms with Crippen molar-refractivity contribution in [2.24, 2.45) is 5.14 Å². The molecule has 7 heteroatoms. The van der Waals surface area contributed by atoms with Gasteiger partial charge in [0.15, 0.2) is 0 Å². The zero-order valence-corrected chi connectivity index (χ0v) is 15.3. The van der Waals surface area contributed by atoms with Gasteiger partial charge in [0.1, 0.15) is 0 Å². The third kappa shape index (κ3) is 5.02. The summed E-state index contributed by atoms with van der Waals surface area (Å²) >= 11 is 0. The number of benzene rings is 1. The predicted molar refractivity (Wildman–Crippen MR) is 92.0 cm³/mol. The fourth-order valence-corrected chi connectivity index (χ4v) is 3.49. The summed E-state index contributed by atoms with van der Waals surface area (Å²) in [5, 5.41) is 8.08. The van der Waals surface area contributed by atoms with Gasteiger partial charge in [-0.15, -0.1) is 0 Å². The second kappa shape index (κ2) is 7.90. The molecule has 0 spiro atoms. The van der Waals surface area contributed by atoms with Gasteiger partial charge in [0.05, 0.1) is 4.90 Å². The second-order valence-electron chi connectivity index (χ2n) is 5.76. The number of aryl methyl sites for hydroxylation is 2. The summed E-state index contributed by atoms with van der Waals surface area (Å²) in [7, 11) is -3.85. The molecule has 0 aromatic heterocycles. The smallest absolute Gasteiger partial charge is 0.251 e. The lowest BCUT2D eigenvalue weighted by atomic mass is 10.0. The third-order valence-electron chi connectivity index (χ3n) is 4.07. The molecule has 0 saturated carbocycles. The van der Waals surface area contributed by atoms with Crippen LogP contribution in [0.2, 0.25) is 0 Å². The molecule has 0 bridgehead atoms. The van der Waals surface area contributed by atoms with Gasteiger partial charge in [-0.25, -0.2) is 13.6 Å². The minimum atomic E-state index is -3.85. The van der Waals surface area contributed by atoms with Crippen LogP contribution in [-0.4, -0.2) is 44.9 Å². The second-order valence-corrected chi connectivity index (χ2v) is 7.29. The van der Waals surface area contributed by atoms with Gasteiger partial charge in [-0.3, -0.25) is 9.69 Å². The van der Waals surface area contributed by atoms with E-state index in [2.05, 4.69) is 24.1 Å². The van der Waals surface area contributed by atoms with Crippen molar-refractivity contribution in [2.45, 2.75) is 45.6 Å². The average Bonchev–Trinajstić information content (AvgIpc) is 2.44. The highest BCUT2D eigenvalue weighted by Gasteiger charge is 2.18. The molecular weight excluding hydrogens is 314 g/mol. The van der Waals surface area contributed by atoms with E-state index in [9.17, 15) is 13.2 Å². The lowest BCUT2D eigenvalue weighted by Gasteiger charge is -2.26. The number of rotatable bonds is 7. The SMILES string of the molecule is CCN(CC)C(C)CNC(=O)c1cc(S(N)(=O)=O)c(C)cc1C. The molecule has 0 aliphatic carbocycles. The van der Waals surface area contributed by atoms with Gasteiger partial charge in [0.2, 0.25) is 10.0 Å². The van der Waals surface area contributed by atoms with Crippen molar-refractivity contribution in [1.82, 2.24) is 10.2 Å². The van der Waals surface area contributed by atoms with E-state index in [4.69, 9.17) is 5.14 Å². The fraction of sp³-hybridized carbons (Fsp3) is 0.562. The van der Waals surface area contributed by atoms with Gasteiger partial charge in [-0.05, 0) is 51.1 Å². The Morgan fingerprint density at radius 1 is 1.22 bits per heavy atom. The Bertz CT molecular complexity index is 667. The van der Waals surface area contributed by atoms with E-state index in [0.717, 1.165) is 18.7 Å². The zero-order valence-electron chi connectivity index (χ0n) is 14.5. The normalized spacial score (nSPS) is 13.2. The summed E-state index contributed by atoms with van der Waals surface area (Å²) in [6.45, 7) is 12.0. The van der Waals surface area contributed by atoms with E-state index >= 15 is 0 Å². The van der Waals surface area contributed by atoms with Gasteiger partial charge in [-0.2, -0.15) is 0 Å². The predicted octanol–water partition coefficient (Wildman–Crippen LogP) is 1.41. The van der Waals surface area contributed by atoms with Crippen molar-refractivity contribution < 1.29 is 13.2 Å². The van der Waals surface area contributed by atoms with E-state index in [1.807, 2.05) is 6.92 Å². The first-order valence-corrected chi connectivity index (χ1v) is 9.32. The monoisotopic (exact) mass is 341 g/mol. The van der Waals surface area contributed by atoms with Gasteiger partial charge < -0.3 is 5.32 Å². The Hall–Kier alpha value is -1.44. The highest BCUT2D eigenvalue weighted by molar-refractivity contribution is 7.89. The van der Waals surface area contributed by atoms with E-state index in [0.29, 0.717) is 17.7 Å². The molecule has 1 rings (SSSR count). The van der Waals surface area contributed by atoms with Gasteiger partial charge in [0.25, 0.3) is 5.91 Å². The minimum Gasteiger partial charge on any atom is -0.350 e. The summed E-state index contributed by atoms with van der Waals surface area (Å²) in [5.74, 6) is -0.286. The quantitative estimate of drug-likeness (QED) is 0.784. The molecule has 1 unspecified atom stereocenters. The number of nitrogens with zero attached hydrogens (tertiary/aromatic N) is 1. The largest absolute Gasteiger partial charge is 0.350 e. The Kier molecular flexibility index (Phi) is 6.73. The lowest BCUT2D eigenvalue weighted by molar-refractivity contribution is 0.0937. The number of likely N-dealkylation sites (N-methyl/N-ethyl adjacent to an activating group) is 1. The van der Waals surface area contributed by atoms with Crippen LogP contribution < -0.4 is 10.5 Å². The van der Waals surface area contributed by atoms with E-state index in [-0.39, 0.29) is 16.8 Å². The maximum atomic E-state index is 12.4. The van der Waals surface area contributed by atoms with Gasteiger partial charge >= 0.3 is 0 Å². The minimum absolute atomic E-state index is 0.00922. The van der Waals surface area contributed by atoms with Gasteiger partial charge in [0, 0.05) is 18.2 Å². The first kappa shape index (κ1) is 19.6.